The largest absolute Gasteiger partial charge is 0.417 e. The summed E-state index contributed by atoms with van der Waals surface area (Å²) >= 11 is 11.8. The second-order valence-electron chi connectivity index (χ2n) is 5.16. The highest BCUT2D eigenvalue weighted by Crippen LogP contribution is 2.32. The van der Waals surface area contributed by atoms with Crippen LogP contribution in [0, 0.1) is 10.1 Å². The van der Waals surface area contributed by atoms with Gasteiger partial charge in [0, 0.05) is 18.3 Å². The van der Waals surface area contributed by atoms with Crippen molar-refractivity contribution in [1.82, 2.24) is 14.6 Å². The van der Waals surface area contributed by atoms with Crippen LogP contribution in [0.1, 0.15) is 11.4 Å². The summed E-state index contributed by atoms with van der Waals surface area (Å²) in [5.41, 5.74) is -0.696. The fourth-order valence-electron chi connectivity index (χ4n) is 2.21. The lowest BCUT2D eigenvalue weighted by atomic mass is 10.2. The van der Waals surface area contributed by atoms with E-state index in [0.29, 0.717) is 5.69 Å². The fraction of sp³-hybridized carbons (Fsp3) is 0.143. The molecule has 0 aliphatic rings. The molecule has 12 heteroatoms. The van der Waals surface area contributed by atoms with E-state index in [-0.39, 0.29) is 33.7 Å². The van der Waals surface area contributed by atoms with E-state index in [1.165, 1.54) is 12.1 Å². The quantitative estimate of drug-likeness (QED) is 0.507. The Bertz CT molecular complexity index is 1010. The summed E-state index contributed by atoms with van der Waals surface area (Å²) in [6.45, 7) is -0.0314. The van der Waals surface area contributed by atoms with Crippen molar-refractivity contribution in [2.24, 2.45) is 0 Å². The van der Waals surface area contributed by atoms with Crippen LogP contribution in [-0.2, 0) is 12.7 Å². The lowest BCUT2D eigenvalue weighted by Gasteiger charge is -2.10. The van der Waals surface area contributed by atoms with Crippen LogP contribution < -0.4 is 5.32 Å². The van der Waals surface area contributed by atoms with Crippen molar-refractivity contribution in [3.05, 3.63) is 62.0 Å². The molecule has 1 N–H and O–H groups in total. The van der Waals surface area contributed by atoms with Gasteiger partial charge < -0.3 is 5.32 Å². The Morgan fingerprint density at radius 1 is 1.19 bits per heavy atom. The predicted molar refractivity (Wildman–Crippen MR) is 88.4 cm³/mol. The lowest BCUT2D eigenvalue weighted by molar-refractivity contribution is -0.384. The maximum atomic E-state index is 12.9. The van der Waals surface area contributed by atoms with Crippen LogP contribution >= 0.6 is 23.2 Å². The van der Waals surface area contributed by atoms with Gasteiger partial charge in [0.15, 0.2) is 11.5 Å². The zero-order valence-electron chi connectivity index (χ0n) is 12.6. The number of nitrogens with zero attached hydrogens (tertiary/aromatic N) is 4. The van der Waals surface area contributed by atoms with E-state index in [1.54, 1.807) is 0 Å². The van der Waals surface area contributed by atoms with Crippen LogP contribution in [0.25, 0.3) is 5.65 Å². The number of fused-ring (bicyclic) bond motifs is 1. The van der Waals surface area contributed by atoms with Gasteiger partial charge in [0.25, 0.3) is 5.69 Å². The summed E-state index contributed by atoms with van der Waals surface area (Å²) < 4.78 is 39.9. The second-order valence-corrected chi connectivity index (χ2v) is 5.97. The number of aromatic nitrogens is 3. The van der Waals surface area contributed by atoms with E-state index in [4.69, 9.17) is 23.2 Å². The minimum atomic E-state index is -4.57. The van der Waals surface area contributed by atoms with E-state index < -0.39 is 16.7 Å². The molecule has 0 unspecified atom stereocenters. The summed E-state index contributed by atoms with van der Waals surface area (Å²) in [4.78, 5) is 10.1. The Kier molecular flexibility index (Phi) is 4.63. The molecule has 26 heavy (non-hydrogen) atoms. The van der Waals surface area contributed by atoms with Crippen molar-refractivity contribution in [1.29, 1.82) is 0 Å². The standard InChI is InChI=1S/C14H8Cl2F3N5O2/c15-9-4-8(24(25)26)1-2-11(9)20-5-12-21-22-13-10(16)3-7(6-23(12)13)14(17,18)19/h1-4,6,20H,5H2. The minimum Gasteiger partial charge on any atom is -0.377 e. The van der Waals surface area contributed by atoms with E-state index in [0.717, 1.165) is 22.7 Å². The maximum Gasteiger partial charge on any atom is 0.417 e. The van der Waals surface area contributed by atoms with E-state index >= 15 is 0 Å². The molecule has 136 valence electrons. The normalized spacial score (nSPS) is 11.7. The number of rotatable bonds is 4. The van der Waals surface area contributed by atoms with Gasteiger partial charge in [-0.2, -0.15) is 13.2 Å². The van der Waals surface area contributed by atoms with Gasteiger partial charge in [0.1, 0.15) is 0 Å². The van der Waals surface area contributed by atoms with E-state index in [1.807, 2.05) is 0 Å². The molecule has 1 aromatic carbocycles. The molecule has 3 aromatic rings. The molecule has 0 aliphatic heterocycles. The Balaban J connectivity index is 1.90. The Morgan fingerprint density at radius 3 is 2.54 bits per heavy atom. The van der Waals surface area contributed by atoms with E-state index in [9.17, 15) is 23.3 Å². The molecule has 0 aliphatic carbocycles. The molecular formula is C14H8Cl2F3N5O2. The summed E-state index contributed by atoms with van der Waals surface area (Å²) in [5, 5.41) is 21.0. The van der Waals surface area contributed by atoms with Crippen molar-refractivity contribution < 1.29 is 18.1 Å². The third-order valence-electron chi connectivity index (χ3n) is 3.46. The summed E-state index contributed by atoms with van der Waals surface area (Å²) in [6, 6.07) is 4.56. The van der Waals surface area contributed by atoms with Gasteiger partial charge in [-0.05, 0) is 12.1 Å². The molecule has 0 fully saturated rings. The predicted octanol–water partition coefficient (Wildman–Crippen LogP) is 4.58. The molecule has 0 atom stereocenters. The topological polar surface area (TPSA) is 85.4 Å². The van der Waals surface area contributed by atoms with E-state index in [2.05, 4.69) is 15.5 Å². The highest BCUT2D eigenvalue weighted by Gasteiger charge is 2.32. The average Bonchev–Trinajstić information content (AvgIpc) is 2.96. The number of anilines is 1. The smallest absolute Gasteiger partial charge is 0.377 e. The van der Waals surface area contributed by atoms with Gasteiger partial charge in [-0.1, -0.05) is 23.2 Å². The number of hydrogen-bond acceptors (Lipinski definition) is 5. The number of nitro benzene ring substituents is 1. The van der Waals surface area contributed by atoms with Crippen LogP contribution in [0.4, 0.5) is 24.5 Å². The van der Waals surface area contributed by atoms with Gasteiger partial charge in [-0.25, -0.2) is 0 Å². The van der Waals surface area contributed by atoms with Gasteiger partial charge in [-0.15, -0.1) is 10.2 Å². The molecule has 2 heterocycles. The van der Waals surface area contributed by atoms with Gasteiger partial charge in [-0.3, -0.25) is 14.5 Å². The molecule has 0 saturated heterocycles. The highest BCUT2D eigenvalue weighted by atomic mass is 35.5. The first-order valence-electron chi connectivity index (χ1n) is 6.95. The molecule has 0 radical (unpaired) electrons. The average molecular weight is 406 g/mol. The Labute approximate surface area is 153 Å². The molecule has 0 saturated carbocycles. The molecular weight excluding hydrogens is 398 g/mol. The molecule has 0 amide bonds. The summed E-state index contributed by atoms with van der Waals surface area (Å²) in [6.07, 6.45) is -3.73. The van der Waals surface area contributed by atoms with Crippen LogP contribution in [0.2, 0.25) is 10.0 Å². The number of pyridine rings is 1. The number of nitrogens with one attached hydrogen (secondary N) is 1. The van der Waals surface area contributed by atoms with Gasteiger partial charge in [0.2, 0.25) is 0 Å². The first kappa shape index (κ1) is 18.2. The third kappa shape index (κ3) is 3.51. The SMILES string of the molecule is O=[N+]([O-])c1ccc(NCc2nnc3c(Cl)cc(C(F)(F)F)cn23)c(Cl)c1. The van der Waals surface area contributed by atoms with Crippen molar-refractivity contribution in [3.63, 3.8) is 0 Å². The zero-order chi connectivity index (χ0) is 19.1. The number of alkyl halides is 3. The molecule has 2 aromatic heterocycles. The second kappa shape index (κ2) is 6.61. The van der Waals surface area contributed by atoms with Crippen molar-refractivity contribution in [2.75, 3.05) is 5.32 Å². The first-order chi connectivity index (χ1) is 12.2. The monoisotopic (exact) mass is 405 g/mol. The van der Waals surface area contributed by atoms with Crippen molar-refractivity contribution in [2.45, 2.75) is 12.7 Å². The van der Waals surface area contributed by atoms with Gasteiger partial charge in [0.05, 0.1) is 32.8 Å². The fourth-order valence-corrected chi connectivity index (χ4v) is 2.70. The van der Waals surface area contributed by atoms with Crippen LogP contribution in [-0.4, -0.2) is 19.5 Å². The van der Waals surface area contributed by atoms with Crippen molar-refractivity contribution >= 4 is 40.2 Å². The minimum absolute atomic E-state index is 0.0314. The summed E-state index contributed by atoms with van der Waals surface area (Å²) in [7, 11) is 0. The maximum absolute atomic E-state index is 12.9. The summed E-state index contributed by atoms with van der Waals surface area (Å²) in [5.74, 6) is 0.155. The number of hydrogen-bond donors (Lipinski definition) is 1. The number of nitro groups is 1. The van der Waals surface area contributed by atoms with Gasteiger partial charge >= 0.3 is 6.18 Å². The van der Waals surface area contributed by atoms with Crippen molar-refractivity contribution in [3.8, 4) is 0 Å². The zero-order valence-corrected chi connectivity index (χ0v) is 14.1. The molecule has 0 spiro atoms. The van der Waals surface area contributed by atoms with Crippen LogP contribution in [0.3, 0.4) is 0 Å². The highest BCUT2D eigenvalue weighted by molar-refractivity contribution is 6.33. The van der Waals surface area contributed by atoms with Crippen LogP contribution in [0.15, 0.2) is 30.5 Å². The number of benzene rings is 1. The number of non-ortho nitro benzene ring substituents is 1. The molecule has 0 bridgehead atoms. The Morgan fingerprint density at radius 2 is 1.92 bits per heavy atom. The molecule has 7 nitrogen and oxygen atoms in total. The van der Waals surface area contributed by atoms with Crippen LogP contribution in [0.5, 0.6) is 0 Å². The lowest BCUT2D eigenvalue weighted by Crippen LogP contribution is -2.09. The first-order valence-corrected chi connectivity index (χ1v) is 7.70. The number of halogens is 5. The molecule has 3 rings (SSSR count). The Hall–Kier alpha value is -2.59. The third-order valence-corrected chi connectivity index (χ3v) is 4.05.